The number of alkyl halides is 1. The maximum atomic E-state index is 14.0. The summed E-state index contributed by atoms with van der Waals surface area (Å²) in [6, 6.07) is 8.63. The molecule has 0 radical (unpaired) electrons. The zero-order valence-corrected chi connectivity index (χ0v) is 19.9. The van der Waals surface area contributed by atoms with Crippen LogP contribution in [-0.2, 0) is 25.7 Å². The number of carbonyl (C=O) groups excluding carboxylic acids is 2. The Kier molecular flexibility index (Phi) is 6.93. The predicted molar refractivity (Wildman–Crippen MR) is 123 cm³/mol. The van der Waals surface area contributed by atoms with Gasteiger partial charge in [0.15, 0.2) is 0 Å². The molecule has 1 spiro atoms. The lowest BCUT2D eigenvalue weighted by atomic mass is 9.70. The molecule has 3 aliphatic heterocycles. The molecule has 1 aromatic carbocycles. The first-order valence-corrected chi connectivity index (χ1v) is 12.2. The Bertz CT molecular complexity index is 927. The van der Waals surface area contributed by atoms with E-state index in [0.29, 0.717) is 25.8 Å². The maximum Gasteiger partial charge on any atom is 0.310 e. The molecule has 3 saturated heterocycles. The first-order chi connectivity index (χ1) is 15.9. The van der Waals surface area contributed by atoms with Crippen molar-refractivity contribution in [2.24, 2.45) is 11.8 Å². The monoisotopic (exact) mass is 520 g/mol. The number of fused-ring (bicyclic) bond motifs is 1. The van der Waals surface area contributed by atoms with Crippen molar-refractivity contribution in [2.45, 2.75) is 48.4 Å². The zero-order valence-electron chi connectivity index (χ0n) is 18.3. The Morgan fingerprint density at radius 3 is 2.67 bits per heavy atom. The van der Waals surface area contributed by atoms with Gasteiger partial charge in [0.2, 0.25) is 11.8 Å². The van der Waals surface area contributed by atoms with Gasteiger partial charge in [0, 0.05) is 31.1 Å². The van der Waals surface area contributed by atoms with Crippen LogP contribution in [0.15, 0.2) is 43.0 Å². The minimum atomic E-state index is -1.19. The number of aliphatic carboxylic acids is 1. The van der Waals surface area contributed by atoms with Gasteiger partial charge >= 0.3 is 5.97 Å². The van der Waals surface area contributed by atoms with Crippen molar-refractivity contribution in [3.05, 3.63) is 48.6 Å². The third-order valence-electron chi connectivity index (χ3n) is 6.99. The van der Waals surface area contributed by atoms with Gasteiger partial charge in [-0.3, -0.25) is 14.4 Å². The molecule has 0 saturated carbocycles. The van der Waals surface area contributed by atoms with Gasteiger partial charge in [-0.25, -0.2) is 0 Å². The van der Waals surface area contributed by atoms with Crippen molar-refractivity contribution < 1.29 is 29.3 Å². The van der Waals surface area contributed by atoms with Gasteiger partial charge in [-0.1, -0.05) is 52.3 Å². The Labute approximate surface area is 201 Å². The van der Waals surface area contributed by atoms with E-state index < -0.39 is 35.6 Å². The number of nitrogens with zero attached hydrogens (tertiary/aromatic N) is 2. The number of hydrogen-bond acceptors (Lipinski definition) is 5. The van der Waals surface area contributed by atoms with E-state index >= 15 is 0 Å². The van der Waals surface area contributed by atoms with Crippen LogP contribution in [0.5, 0.6) is 0 Å². The molecule has 3 heterocycles. The Morgan fingerprint density at radius 1 is 1.30 bits per heavy atom. The summed E-state index contributed by atoms with van der Waals surface area (Å²) >= 11 is 3.54. The van der Waals surface area contributed by atoms with E-state index in [1.807, 2.05) is 30.3 Å². The van der Waals surface area contributed by atoms with Crippen LogP contribution in [0.4, 0.5) is 0 Å². The third-order valence-corrected chi connectivity index (χ3v) is 7.84. The topological polar surface area (TPSA) is 107 Å². The number of rotatable bonds is 10. The summed E-state index contributed by atoms with van der Waals surface area (Å²) < 4.78 is 6.28. The van der Waals surface area contributed by atoms with E-state index in [2.05, 4.69) is 22.5 Å². The van der Waals surface area contributed by atoms with Gasteiger partial charge in [0.1, 0.15) is 11.6 Å². The fraction of sp³-hybridized carbons (Fsp3) is 0.542. The molecule has 4 rings (SSSR count). The lowest BCUT2D eigenvalue weighted by Gasteiger charge is -2.37. The molecule has 1 aromatic rings. The lowest BCUT2D eigenvalue weighted by Crippen LogP contribution is -2.56. The molecule has 33 heavy (non-hydrogen) atoms. The lowest BCUT2D eigenvalue weighted by molar-refractivity contribution is -0.151. The number of aliphatic hydroxyl groups excluding tert-OH is 1. The number of halogens is 1. The first-order valence-electron chi connectivity index (χ1n) is 11.3. The highest BCUT2D eigenvalue weighted by Gasteiger charge is 2.76. The summed E-state index contributed by atoms with van der Waals surface area (Å²) in [6.07, 6.45) is 2.36. The van der Waals surface area contributed by atoms with Crippen LogP contribution < -0.4 is 0 Å². The summed E-state index contributed by atoms with van der Waals surface area (Å²) in [5.74, 6) is -3.61. The Morgan fingerprint density at radius 2 is 2.03 bits per heavy atom. The molecular formula is C24H29BrN2O6. The van der Waals surface area contributed by atoms with Crippen molar-refractivity contribution in [3.63, 3.8) is 0 Å². The van der Waals surface area contributed by atoms with Crippen LogP contribution in [0.3, 0.4) is 0 Å². The Hall–Kier alpha value is -2.23. The van der Waals surface area contributed by atoms with E-state index in [4.69, 9.17) is 4.74 Å². The fourth-order valence-electron chi connectivity index (χ4n) is 5.69. The SMILES string of the molecule is C=CCN(Cc1ccccc1)C(=O)C1N(CCCCO)C(=O)[C@@H]2[C@@H](C(=O)O)[C@@H]3OC12CC3Br. The summed E-state index contributed by atoms with van der Waals surface area (Å²) in [5, 5.41) is 19.1. The van der Waals surface area contributed by atoms with Crippen LogP contribution in [-0.4, -0.2) is 80.1 Å². The summed E-state index contributed by atoms with van der Waals surface area (Å²) in [7, 11) is 0. The molecule has 9 heteroatoms. The molecule has 3 fully saturated rings. The first kappa shape index (κ1) is 23.9. The minimum absolute atomic E-state index is 0.0222. The highest BCUT2D eigenvalue weighted by Crippen LogP contribution is 2.60. The normalized spacial score (nSPS) is 32.1. The standard InChI is InChI=1S/C24H29BrN2O6/c1-2-10-26(14-15-8-4-3-5-9-15)22(30)20-24-13-16(25)19(33-24)17(23(31)32)18(24)21(29)27(20)11-6-7-12-28/h2-5,8-9,16-20,28H,1,6-7,10-14H2,(H,31,32)/t16?,17-,18+,19-,20?,24?/m1/s1. The average molecular weight is 521 g/mol. The van der Waals surface area contributed by atoms with Gasteiger partial charge in [0.05, 0.1) is 17.9 Å². The fourth-order valence-corrected chi connectivity index (χ4v) is 6.63. The van der Waals surface area contributed by atoms with E-state index in [-0.39, 0.29) is 36.3 Å². The molecule has 0 aromatic heterocycles. The number of unbranched alkanes of at least 4 members (excludes halogenated alkanes) is 1. The number of hydrogen-bond donors (Lipinski definition) is 2. The molecule has 2 N–H and O–H groups in total. The summed E-state index contributed by atoms with van der Waals surface area (Å²) in [4.78, 5) is 42.6. The van der Waals surface area contributed by atoms with Crippen molar-refractivity contribution in [1.29, 1.82) is 0 Å². The van der Waals surface area contributed by atoms with Crippen LogP contribution in [0.2, 0.25) is 0 Å². The van der Waals surface area contributed by atoms with Gasteiger partial charge < -0.3 is 24.7 Å². The largest absolute Gasteiger partial charge is 0.481 e. The van der Waals surface area contributed by atoms with Crippen molar-refractivity contribution in [3.8, 4) is 0 Å². The molecule has 3 unspecified atom stereocenters. The van der Waals surface area contributed by atoms with E-state index in [0.717, 1.165) is 5.56 Å². The second-order valence-electron chi connectivity index (χ2n) is 8.96. The molecule has 178 valence electrons. The van der Waals surface area contributed by atoms with Crippen molar-refractivity contribution in [2.75, 3.05) is 19.7 Å². The number of carboxylic acid groups (broad SMARTS) is 1. The van der Waals surface area contributed by atoms with Gasteiger partial charge in [-0.15, -0.1) is 6.58 Å². The average Bonchev–Trinajstić information content (AvgIpc) is 3.38. The molecule has 3 aliphatic rings. The van der Waals surface area contributed by atoms with E-state index in [1.54, 1.807) is 11.0 Å². The number of benzene rings is 1. The number of amides is 2. The number of ether oxygens (including phenoxy) is 1. The summed E-state index contributed by atoms with van der Waals surface area (Å²) in [5.41, 5.74) is -0.248. The second kappa shape index (κ2) is 9.56. The molecule has 0 aliphatic carbocycles. The zero-order chi connectivity index (χ0) is 23.8. The van der Waals surface area contributed by atoms with Gasteiger partial charge in [-0.2, -0.15) is 0 Å². The number of carbonyl (C=O) groups is 3. The number of carboxylic acids is 1. The predicted octanol–water partition coefficient (Wildman–Crippen LogP) is 1.81. The van der Waals surface area contributed by atoms with Crippen LogP contribution in [0.1, 0.15) is 24.8 Å². The molecular weight excluding hydrogens is 492 g/mol. The number of likely N-dealkylation sites (tertiary alicyclic amines) is 1. The molecule has 6 atom stereocenters. The Balaban J connectivity index is 1.71. The smallest absolute Gasteiger partial charge is 0.310 e. The van der Waals surface area contributed by atoms with Crippen LogP contribution in [0.25, 0.3) is 0 Å². The minimum Gasteiger partial charge on any atom is -0.481 e. The van der Waals surface area contributed by atoms with Crippen molar-refractivity contribution >= 4 is 33.7 Å². The summed E-state index contributed by atoms with van der Waals surface area (Å²) in [6.45, 7) is 4.65. The third kappa shape index (κ3) is 4.00. The van der Waals surface area contributed by atoms with Gasteiger partial charge in [-0.05, 0) is 24.8 Å². The maximum absolute atomic E-state index is 14.0. The second-order valence-corrected chi connectivity index (χ2v) is 10.1. The van der Waals surface area contributed by atoms with E-state index in [1.165, 1.54) is 4.90 Å². The highest BCUT2D eigenvalue weighted by atomic mass is 79.9. The highest BCUT2D eigenvalue weighted by molar-refractivity contribution is 9.09. The van der Waals surface area contributed by atoms with Gasteiger partial charge in [0.25, 0.3) is 0 Å². The van der Waals surface area contributed by atoms with Crippen LogP contribution >= 0.6 is 15.9 Å². The quantitative estimate of drug-likeness (QED) is 0.276. The number of aliphatic hydroxyl groups is 1. The van der Waals surface area contributed by atoms with Crippen LogP contribution in [0, 0.1) is 11.8 Å². The molecule has 8 nitrogen and oxygen atoms in total. The van der Waals surface area contributed by atoms with Crippen molar-refractivity contribution in [1.82, 2.24) is 9.80 Å². The molecule has 2 amide bonds. The van der Waals surface area contributed by atoms with E-state index in [9.17, 15) is 24.6 Å². The molecule has 2 bridgehead atoms.